The number of carbonyl (C=O) groups is 1. The number of carbonyl (C=O) groups excluding carboxylic acids is 1. The van der Waals surface area contributed by atoms with Crippen molar-refractivity contribution in [3.05, 3.63) is 24.0 Å². The molecule has 3 atom stereocenters. The fourth-order valence-corrected chi connectivity index (χ4v) is 3.88. The number of hydrogen-bond acceptors (Lipinski definition) is 3. The number of fused-ring (bicyclic) bond motifs is 2. The third-order valence-electron chi connectivity index (χ3n) is 4.94. The summed E-state index contributed by atoms with van der Waals surface area (Å²) in [4.78, 5) is 17.7. The van der Waals surface area contributed by atoms with Gasteiger partial charge in [-0.05, 0) is 49.1 Å². The Balaban J connectivity index is 1.63. The van der Waals surface area contributed by atoms with Gasteiger partial charge < -0.3 is 4.90 Å². The first-order valence-electron chi connectivity index (χ1n) is 7.31. The molecule has 1 aromatic rings. The zero-order valence-corrected chi connectivity index (χ0v) is 11.8. The van der Waals surface area contributed by atoms with Crippen LogP contribution in [0.15, 0.2) is 18.3 Å². The van der Waals surface area contributed by atoms with E-state index in [-0.39, 0.29) is 5.78 Å². The molecule has 0 N–H and O–H groups in total. The van der Waals surface area contributed by atoms with E-state index < -0.39 is 0 Å². The van der Waals surface area contributed by atoms with Crippen LogP contribution in [0, 0.1) is 17.8 Å². The van der Waals surface area contributed by atoms with E-state index in [9.17, 15) is 4.79 Å². The Bertz CT molecular complexity index is 468. The van der Waals surface area contributed by atoms with Crippen LogP contribution in [0.4, 0.5) is 5.69 Å². The highest BCUT2D eigenvalue weighted by molar-refractivity contribution is 5.92. The molecule has 2 saturated carbocycles. The zero-order chi connectivity index (χ0) is 13.4. The second-order valence-corrected chi connectivity index (χ2v) is 6.27. The Kier molecular flexibility index (Phi) is 3.29. The summed E-state index contributed by atoms with van der Waals surface area (Å²) in [5.41, 5.74) is 1.67. The summed E-state index contributed by atoms with van der Waals surface area (Å²) in [5.74, 6) is 2.84. The fourth-order valence-electron chi connectivity index (χ4n) is 3.88. The Labute approximate surface area is 115 Å². The molecule has 3 heteroatoms. The number of ketones is 1. The van der Waals surface area contributed by atoms with E-state index in [1.165, 1.54) is 25.7 Å². The lowest BCUT2D eigenvalue weighted by atomic mass is 9.88. The van der Waals surface area contributed by atoms with Crippen LogP contribution in [0.5, 0.6) is 0 Å². The van der Waals surface area contributed by atoms with Gasteiger partial charge >= 0.3 is 0 Å². The van der Waals surface area contributed by atoms with Crippen molar-refractivity contribution in [3.8, 4) is 0 Å². The monoisotopic (exact) mass is 258 g/mol. The topological polar surface area (TPSA) is 33.2 Å². The number of pyridine rings is 1. The maximum atomic E-state index is 11.2. The normalized spacial score (nSPS) is 28.6. The van der Waals surface area contributed by atoms with E-state index in [1.54, 1.807) is 6.92 Å². The van der Waals surface area contributed by atoms with Crippen LogP contribution in [0.1, 0.15) is 43.1 Å². The first-order valence-corrected chi connectivity index (χ1v) is 7.31. The summed E-state index contributed by atoms with van der Waals surface area (Å²) < 4.78 is 0. The summed E-state index contributed by atoms with van der Waals surface area (Å²) >= 11 is 0. The van der Waals surface area contributed by atoms with Crippen molar-refractivity contribution in [1.82, 2.24) is 4.98 Å². The minimum atomic E-state index is 0.0299. The summed E-state index contributed by atoms with van der Waals surface area (Å²) in [6, 6.07) is 3.84. The average molecular weight is 258 g/mol. The van der Waals surface area contributed by atoms with Gasteiger partial charge in [0.05, 0.1) is 11.9 Å². The van der Waals surface area contributed by atoms with Crippen molar-refractivity contribution in [2.45, 2.75) is 32.6 Å². The van der Waals surface area contributed by atoms with Gasteiger partial charge in [-0.1, -0.05) is 6.42 Å². The molecular formula is C16H22N2O. The summed E-state index contributed by atoms with van der Waals surface area (Å²) in [6.45, 7) is 2.68. The number of anilines is 1. The minimum absolute atomic E-state index is 0.0299. The summed E-state index contributed by atoms with van der Waals surface area (Å²) in [7, 11) is 2.14. The number of Topliss-reactive ketones (excluding diaryl/α,β-unsaturated/α-hetero) is 1. The van der Waals surface area contributed by atoms with Crippen LogP contribution in [0.3, 0.4) is 0 Å². The van der Waals surface area contributed by atoms with Crippen molar-refractivity contribution in [1.29, 1.82) is 0 Å². The molecule has 0 radical (unpaired) electrons. The maximum Gasteiger partial charge on any atom is 0.178 e. The van der Waals surface area contributed by atoms with Gasteiger partial charge in [-0.25, -0.2) is 0 Å². The Morgan fingerprint density at radius 3 is 2.74 bits per heavy atom. The van der Waals surface area contributed by atoms with E-state index in [0.29, 0.717) is 5.69 Å². The van der Waals surface area contributed by atoms with Gasteiger partial charge in [0.15, 0.2) is 5.78 Å². The Morgan fingerprint density at radius 2 is 2.21 bits per heavy atom. The molecule has 3 nitrogen and oxygen atoms in total. The van der Waals surface area contributed by atoms with Crippen LogP contribution in [0.2, 0.25) is 0 Å². The molecule has 2 fully saturated rings. The lowest BCUT2D eigenvalue weighted by molar-refractivity contribution is 0.101. The summed E-state index contributed by atoms with van der Waals surface area (Å²) in [5, 5.41) is 0. The first kappa shape index (κ1) is 12.6. The molecule has 0 saturated heterocycles. The molecule has 2 aliphatic carbocycles. The third kappa shape index (κ3) is 2.51. The number of aromatic nitrogens is 1. The van der Waals surface area contributed by atoms with Gasteiger partial charge in [0.25, 0.3) is 0 Å². The van der Waals surface area contributed by atoms with Gasteiger partial charge in [-0.2, -0.15) is 0 Å². The van der Waals surface area contributed by atoms with Crippen molar-refractivity contribution in [2.24, 2.45) is 17.8 Å². The molecule has 2 bridgehead atoms. The van der Waals surface area contributed by atoms with Crippen LogP contribution in [-0.2, 0) is 0 Å². The van der Waals surface area contributed by atoms with Gasteiger partial charge in [0.2, 0.25) is 0 Å². The zero-order valence-electron chi connectivity index (χ0n) is 11.8. The van der Waals surface area contributed by atoms with Crippen molar-refractivity contribution in [2.75, 3.05) is 18.5 Å². The summed E-state index contributed by atoms with van der Waals surface area (Å²) in [6.07, 6.45) is 7.59. The molecule has 19 heavy (non-hydrogen) atoms. The minimum Gasteiger partial charge on any atom is -0.373 e. The second kappa shape index (κ2) is 4.95. The van der Waals surface area contributed by atoms with Crippen LogP contribution < -0.4 is 4.90 Å². The van der Waals surface area contributed by atoms with Crippen molar-refractivity contribution >= 4 is 11.5 Å². The molecule has 0 aliphatic heterocycles. The van der Waals surface area contributed by atoms with Gasteiger partial charge in [-0.15, -0.1) is 0 Å². The number of hydrogen-bond donors (Lipinski definition) is 0. The predicted molar refractivity (Wildman–Crippen MR) is 76.4 cm³/mol. The molecule has 2 aliphatic rings. The highest BCUT2D eigenvalue weighted by Gasteiger charge is 2.39. The van der Waals surface area contributed by atoms with Crippen molar-refractivity contribution < 1.29 is 4.79 Å². The second-order valence-electron chi connectivity index (χ2n) is 6.27. The molecule has 0 spiro atoms. The number of nitrogens with zero attached hydrogens (tertiary/aromatic N) is 2. The largest absolute Gasteiger partial charge is 0.373 e. The van der Waals surface area contributed by atoms with Gasteiger partial charge in [0, 0.05) is 20.5 Å². The average Bonchev–Trinajstić information content (AvgIpc) is 3.01. The van der Waals surface area contributed by atoms with E-state index in [4.69, 9.17) is 0 Å². The van der Waals surface area contributed by atoms with Gasteiger partial charge in [-0.3, -0.25) is 9.78 Å². The molecule has 3 rings (SSSR count). The lowest BCUT2D eigenvalue weighted by Gasteiger charge is -2.28. The standard InChI is InChI=1S/C16H22N2O/c1-11(19)16-6-5-15(9-17-16)18(2)10-14-8-12-3-4-13(14)7-12/h5-6,9,12-14H,3-4,7-8,10H2,1-2H3. The molecule has 1 heterocycles. The smallest absolute Gasteiger partial charge is 0.178 e. The van der Waals surface area contributed by atoms with E-state index in [0.717, 1.165) is 30.0 Å². The quantitative estimate of drug-likeness (QED) is 0.778. The Hall–Kier alpha value is -1.38. The highest BCUT2D eigenvalue weighted by Crippen LogP contribution is 2.48. The fraction of sp³-hybridized carbons (Fsp3) is 0.625. The molecule has 102 valence electrons. The van der Waals surface area contributed by atoms with Crippen LogP contribution in [0.25, 0.3) is 0 Å². The molecule has 1 aromatic heterocycles. The number of rotatable bonds is 4. The highest BCUT2D eigenvalue weighted by atomic mass is 16.1. The maximum absolute atomic E-state index is 11.2. The van der Waals surface area contributed by atoms with Crippen molar-refractivity contribution in [3.63, 3.8) is 0 Å². The van der Waals surface area contributed by atoms with Crippen LogP contribution >= 0.6 is 0 Å². The van der Waals surface area contributed by atoms with E-state index in [1.807, 2.05) is 18.3 Å². The lowest BCUT2D eigenvalue weighted by Crippen LogP contribution is -2.28. The first-order chi connectivity index (χ1) is 9.13. The molecule has 0 aromatic carbocycles. The molecule has 0 amide bonds. The van der Waals surface area contributed by atoms with E-state index >= 15 is 0 Å². The Morgan fingerprint density at radius 1 is 1.37 bits per heavy atom. The SMILES string of the molecule is CC(=O)c1ccc(N(C)CC2CC3CCC2C3)cn1. The molecule has 3 unspecified atom stereocenters. The predicted octanol–water partition coefficient (Wildman–Crippen LogP) is 3.16. The van der Waals surface area contributed by atoms with Crippen LogP contribution in [-0.4, -0.2) is 24.4 Å². The van der Waals surface area contributed by atoms with Gasteiger partial charge in [0.1, 0.15) is 5.69 Å². The van der Waals surface area contributed by atoms with E-state index in [2.05, 4.69) is 16.9 Å². The molecular weight excluding hydrogens is 236 g/mol. The third-order valence-corrected chi connectivity index (χ3v) is 4.94.